The fourth-order valence-corrected chi connectivity index (χ4v) is 1.46. The van der Waals surface area contributed by atoms with Crippen LogP contribution in [-0.2, 0) is 10.2 Å². The zero-order valence-corrected chi connectivity index (χ0v) is 10.9. The number of rotatable bonds is 3. The second-order valence-corrected chi connectivity index (χ2v) is 5.21. The number of carbonyl (C=O) groups is 1. The van der Waals surface area contributed by atoms with E-state index in [1.165, 1.54) is 0 Å². The molecule has 1 aromatic rings. The molecule has 1 rings (SSSR count). The summed E-state index contributed by atoms with van der Waals surface area (Å²) in [4.78, 5) is 12.2. The Labute approximate surface area is 103 Å². The second kappa shape index (κ2) is 4.63. The fraction of sp³-hybridized carbons (Fsp3) is 0.400. The largest absolute Gasteiger partial charge is 0.340 e. The maximum absolute atomic E-state index is 12.2. The summed E-state index contributed by atoms with van der Waals surface area (Å²) >= 11 is 0. The molecule has 0 aromatic heterocycles. The average Bonchev–Trinajstić information content (AvgIpc) is 2.29. The van der Waals surface area contributed by atoms with Crippen molar-refractivity contribution in [3.05, 3.63) is 35.9 Å². The quantitative estimate of drug-likeness (QED) is 0.793. The third-order valence-corrected chi connectivity index (χ3v) is 2.85. The van der Waals surface area contributed by atoms with Crippen molar-refractivity contribution in [2.45, 2.75) is 38.6 Å². The molecule has 90 valence electrons. The molecule has 0 aliphatic heterocycles. The number of amides is 1. The van der Waals surface area contributed by atoms with E-state index >= 15 is 0 Å². The van der Waals surface area contributed by atoms with Crippen LogP contribution in [0.25, 0.3) is 0 Å². The van der Waals surface area contributed by atoms with Crippen molar-refractivity contribution >= 4 is 5.91 Å². The standard InChI is InChI=1S/C15H19NO/c1-6-14(2,3)16-13(17)15(4,5)12-10-8-7-9-11-12/h1,7-11H,2-5H3,(H,16,17). The first-order valence-electron chi connectivity index (χ1n) is 5.65. The van der Waals surface area contributed by atoms with Crippen LogP contribution >= 0.6 is 0 Å². The van der Waals surface area contributed by atoms with Gasteiger partial charge in [0.05, 0.1) is 11.0 Å². The van der Waals surface area contributed by atoms with Crippen LogP contribution in [0.15, 0.2) is 30.3 Å². The Morgan fingerprint density at radius 1 is 1.18 bits per heavy atom. The van der Waals surface area contributed by atoms with Crippen molar-refractivity contribution in [2.75, 3.05) is 0 Å². The van der Waals surface area contributed by atoms with Gasteiger partial charge in [-0.1, -0.05) is 36.3 Å². The highest BCUT2D eigenvalue weighted by atomic mass is 16.2. The first-order chi connectivity index (χ1) is 7.79. The normalized spacial score (nSPS) is 11.7. The second-order valence-electron chi connectivity index (χ2n) is 5.21. The lowest BCUT2D eigenvalue weighted by Crippen LogP contribution is -2.49. The van der Waals surface area contributed by atoms with Gasteiger partial charge in [0.15, 0.2) is 0 Å². The molecule has 0 saturated heterocycles. The van der Waals surface area contributed by atoms with Crippen LogP contribution in [0.3, 0.4) is 0 Å². The highest BCUT2D eigenvalue weighted by Gasteiger charge is 2.32. The highest BCUT2D eigenvalue weighted by molar-refractivity contribution is 5.88. The lowest BCUT2D eigenvalue weighted by Gasteiger charge is -2.29. The summed E-state index contributed by atoms with van der Waals surface area (Å²) in [5, 5.41) is 2.87. The zero-order valence-electron chi connectivity index (χ0n) is 10.9. The summed E-state index contributed by atoms with van der Waals surface area (Å²) < 4.78 is 0. The number of carbonyl (C=O) groups excluding carboxylic acids is 1. The average molecular weight is 229 g/mol. The Kier molecular flexibility index (Phi) is 3.63. The molecular formula is C15H19NO. The van der Waals surface area contributed by atoms with Crippen LogP contribution < -0.4 is 5.32 Å². The Balaban J connectivity index is 2.93. The third-order valence-electron chi connectivity index (χ3n) is 2.85. The van der Waals surface area contributed by atoms with Gasteiger partial charge >= 0.3 is 0 Å². The van der Waals surface area contributed by atoms with Crippen LogP contribution in [0.1, 0.15) is 33.3 Å². The molecule has 2 nitrogen and oxygen atoms in total. The van der Waals surface area contributed by atoms with Crippen molar-refractivity contribution in [2.24, 2.45) is 0 Å². The number of hydrogen-bond acceptors (Lipinski definition) is 1. The fourth-order valence-electron chi connectivity index (χ4n) is 1.46. The molecule has 0 bridgehead atoms. The molecule has 0 spiro atoms. The minimum atomic E-state index is -0.622. The number of hydrogen-bond donors (Lipinski definition) is 1. The SMILES string of the molecule is C#CC(C)(C)NC(=O)C(C)(C)c1ccccc1. The Morgan fingerprint density at radius 3 is 2.18 bits per heavy atom. The monoisotopic (exact) mass is 229 g/mol. The smallest absolute Gasteiger partial charge is 0.231 e. The molecule has 0 atom stereocenters. The number of benzene rings is 1. The summed E-state index contributed by atoms with van der Waals surface area (Å²) in [7, 11) is 0. The molecule has 0 saturated carbocycles. The van der Waals surface area contributed by atoms with Gasteiger partial charge in [0, 0.05) is 0 Å². The van der Waals surface area contributed by atoms with E-state index in [0.29, 0.717) is 0 Å². The molecule has 0 radical (unpaired) electrons. The van der Waals surface area contributed by atoms with E-state index in [9.17, 15) is 4.79 Å². The van der Waals surface area contributed by atoms with E-state index in [-0.39, 0.29) is 5.91 Å². The van der Waals surface area contributed by atoms with Crippen molar-refractivity contribution in [1.29, 1.82) is 0 Å². The maximum Gasteiger partial charge on any atom is 0.231 e. The Bertz CT molecular complexity index is 438. The summed E-state index contributed by atoms with van der Waals surface area (Å²) in [5.74, 6) is 2.50. The molecule has 1 N–H and O–H groups in total. The van der Waals surface area contributed by atoms with Crippen LogP contribution in [0, 0.1) is 12.3 Å². The van der Waals surface area contributed by atoms with Crippen LogP contribution in [0.5, 0.6) is 0 Å². The van der Waals surface area contributed by atoms with E-state index in [2.05, 4.69) is 11.2 Å². The summed E-state index contributed by atoms with van der Waals surface area (Å²) in [6, 6.07) is 9.68. The van der Waals surface area contributed by atoms with E-state index in [4.69, 9.17) is 6.42 Å². The minimum Gasteiger partial charge on any atom is -0.340 e. The highest BCUT2D eigenvalue weighted by Crippen LogP contribution is 2.23. The van der Waals surface area contributed by atoms with Crippen LogP contribution in [-0.4, -0.2) is 11.4 Å². The van der Waals surface area contributed by atoms with Crippen molar-refractivity contribution in [3.8, 4) is 12.3 Å². The van der Waals surface area contributed by atoms with Crippen LogP contribution in [0.4, 0.5) is 0 Å². The molecular weight excluding hydrogens is 210 g/mol. The predicted molar refractivity (Wildman–Crippen MR) is 70.5 cm³/mol. The molecule has 17 heavy (non-hydrogen) atoms. The molecule has 0 aliphatic rings. The summed E-state index contributed by atoms with van der Waals surface area (Å²) in [6.07, 6.45) is 5.37. The van der Waals surface area contributed by atoms with Crippen LogP contribution in [0.2, 0.25) is 0 Å². The van der Waals surface area contributed by atoms with E-state index < -0.39 is 11.0 Å². The van der Waals surface area contributed by atoms with Crippen molar-refractivity contribution < 1.29 is 4.79 Å². The van der Waals surface area contributed by atoms with Gasteiger partial charge in [-0.05, 0) is 33.3 Å². The van der Waals surface area contributed by atoms with Crippen molar-refractivity contribution in [3.63, 3.8) is 0 Å². The number of terminal acetylenes is 1. The Hall–Kier alpha value is -1.75. The molecule has 0 aliphatic carbocycles. The van der Waals surface area contributed by atoms with Gasteiger partial charge in [0.2, 0.25) is 5.91 Å². The molecule has 0 unspecified atom stereocenters. The molecule has 0 heterocycles. The maximum atomic E-state index is 12.2. The molecule has 1 amide bonds. The van der Waals surface area contributed by atoms with Gasteiger partial charge < -0.3 is 5.32 Å². The van der Waals surface area contributed by atoms with E-state index in [1.807, 2.05) is 58.0 Å². The summed E-state index contributed by atoms with van der Waals surface area (Å²) in [5.41, 5.74) is -0.233. The predicted octanol–water partition coefficient (Wildman–Crippen LogP) is 2.49. The van der Waals surface area contributed by atoms with Gasteiger partial charge in [-0.25, -0.2) is 0 Å². The molecule has 0 fully saturated rings. The Morgan fingerprint density at radius 2 is 1.71 bits per heavy atom. The van der Waals surface area contributed by atoms with Gasteiger partial charge in [0.1, 0.15) is 0 Å². The first-order valence-corrected chi connectivity index (χ1v) is 5.65. The van der Waals surface area contributed by atoms with Gasteiger partial charge in [-0.3, -0.25) is 4.79 Å². The number of nitrogens with one attached hydrogen (secondary N) is 1. The molecule has 2 heteroatoms. The lowest BCUT2D eigenvalue weighted by atomic mass is 9.83. The lowest BCUT2D eigenvalue weighted by molar-refractivity contribution is -0.126. The van der Waals surface area contributed by atoms with Gasteiger partial charge in [-0.15, -0.1) is 6.42 Å². The van der Waals surface area contributed by atoms with Gasteiger partial charge in [-0.2, -0.15) is 0 Å². The van der Waals surface area contributed by atoms with Gasteiger partial charge in [0.25, 0.3) is 0 Å². The van der Waals surface area contributed by atoms with Crippen molar-refractivity contribution in [1.82, 2.24) is 5.32 Å². The topological polar surface area (TPSA) is 29.1 Å². The first kappa shape index (κ1) is 13.3. The zero-order chi connectivity index (χ0) is 13.1. The minimum absolute atomic E-state index is 0.0633. The van der Waals surface area contributed by atoms with E-state index in [0.717, 1.165) is 5.56 Å². The van der Waals surface area contributed by atoms with E-state index in [1.54, 1.807) is 0 Å². The summed E-state index contributed by atoms with van der Waals surface area (Å²) in [6.45, 7) is 7.41. The molecule has 1 aromatic carbocycles. The third kappa shape index (κ3) is 3.10.